The van der Waals surface area contributed by atoms with Gasteiger partial charge in [0.15, 0.2) is 11.3 Å². The van der Waals surface area contributed by atoms with Gasteiger partial charge in [0.25, 0.3) is 5.56 Å². The fraction of sp³-hybridized carbons (Fsp3) is 0.333. The lowest BCUT2D eigenvalue weighted by atomic mass is 10.1. The molecule has 0 bridgehead atoms. The fourth-order valence-corrected chi connectivity index (χ4v) is 4.43. The quantitative estimate of drug-likeness (QED) is 0.319. The molecular formula is C27H29N5O2. The Morgan fingerprint density at radius 1 is 0.882 bits per heavy atom. The number of aryl methyl sites for hydroxylation is 2. The maximum atomic E-state index is 13.8. The number of para-hydroxylation sites is 2. The van der Waals surface area contributed by atoms with Crippen LogP contribution in [0, 0.1) is 6.92 Å². The number of rotatable bonds is 8. The van der Waals surface area contributed by atoms with Crippen LogP contribution in [-0.2, 0) is 24.2 Å². The Hall–Kier alpha value is -3.58. The summed E-state index contributed by atoms with van der Waals surface area (Å²) < 4.78 is 9.32. The summed E-state index contributed by atoms with van der Waals surface area (Å²) >= 11 is 0. The van der Waals surface area contributed by atoms with Crippen molar-refractivity contribution in [2.24, 2.45) is 0 Å². The smallest absolute Gasteiger partial charge is 0.265 e. The molecule has 3 heterocycles. The van der Waals surface area contributed by atoms with E-state index < -0.39 is 0 Å². The number of benzene rings is 2. The van der Waals surface area contributed by atoms with E-state index in [-0.39, 0.29) is 5.56 Å². The molecule has 0 saturated carbocycles. The summed E-state index contributed by atoms with van der Waals surface area (Å²) in [5, 5.41) is 0.536. The highest BCUT2D eigenvalue weighted by molar-refractivity contribution is 6.04. The Labute approximate surface area is 198 Å². The van der Waals surface area contributed by atoms with Crippen LogP contribution in [0.3, 0.4) is 0 Å². The lowest BCUT2D eigenvalue weighted by molar-refractivity contribution is 0.141. The van der Waals surface area contributed by atoms with Gasteiger partial charge in [-0.15, -0.1) is 0 Å². The van der Waals surface area contributed by atoms with Crippen molar-refractivity contribution >= 4 is 33.2 Å². The molecule has 5 rings (SSSR count). The Morgan fingerprint density at radius 3 is 2.32 bits per heavy atom. The topological polar surface area (TPSA) is 74.8 Å². The van der Waals surface area contributed by atoms with Crippen LogP contribution in [-0.4, -0.2) is 37.3 Å². The molecule has 0 radical (unpaired) electrons. The zero-order chi connectivity index (χ0) is 23.7. The third-order valence-corrected chi connectivity index (χ3v) is 6.18. The van der Waals surface area contributed by atoms with Gasteiger partial charge in [0.2, 0.25) is 0 Å². The normalized spacial score (nSPS) is 11.7. The van der Waals surface area contributed by atoms with E-state index in [0.29, 0.717) is 54.9 Å². The molecule has 0 unspecified atom stereocenters. The SMILES string of the molecule is CCOCCCn1c(CC)nc2c(c1=O)c1nc3ccccc3nc1n2Cc1ccc(C)cc1. The van der Waals surface area contributed by atoms with Gasteiger partial charge in [-0.25, -0.2) is 15.0 Å². The van der Waals surface area contributed by atoms with Crippen molar-refractivity contribution in [3.05, 3.63) is 75.8 Å². The Morgan fingerprint density at radius 2 is 1.62 bits per heavy atom. The minimum absolute atomic E-state index is 0.0596. The molecule has 5 aromatic rings. The number of ether oxygens (including phenoxy) is 1. The fourth-order valence-electron chi connectivity index (χ4n) is 4.43. The van der Waals surface area contributed by atoms with Gasteiger partial charge in [-0.3, -0.25) is 9.36 Å². The van der Waals surface area contributed by atoms with Crippen LogP contribution in [0.5, 0.6) is 0 Å². The summed E-state index contributed by atoms with van der Waals surface area (Å²) in [5.74, 6) is 0.770. The first kappa shape index (κ1) is 22.2. The Balaban J connectivity index is 1.77. The van der Waals surface area contributed by atoms with Crippen LogP contribution >= 0.6 is 0 Å². The van der Waals surface area contributed by atoms with E-state index in [1.807, 2.05) is 42.7 Å². The van der Waals surface area contributed by atoms with Crippen LogP contribution in [0.15, 0.2) is 53.3 Å². The number of nitrogens with zero attached hydrogens (tertiary/aromatic N) is 5. The second-order valence-electron chi connectivity index (χ2n) is 8.54. The number of hydrogen-bond donors (Lipinski definition) is 0. The van der Waals surface area contributed by atoms with Crippen molar-refractivity contribution in [3.8, 4) is 0 Å². The van der Waals surface area contributed by atoms with Crippen LogP contribution in [0.4, 0.5) is 0 Å². The van der Waals surface area contributed by atoms with Gasteiger partial charge in [0.1, 0.15) is 16.7 Å². The van der Waals surface area contributed by atoms with E-state index in [4.69, 9.17) is 19.7 Å². The van der Waals surface area contributed by atoms with E-state index in [1.165, 1.54) is 5.56 Å². The number of hydrogen-bond acceptors (Lipinski definition) is 5. The zero-order valence-electron chi connectivity index (χ0n) is 19.9. The predicted molar refractivity (Wildman–Crippen MR) is 135 cm³/mol. The standard InChI is InChI=1S/C27H29N5O2/c1-4-22-30-25-23(27(33)31(22)15-8-16-34-5-2)24-26(29-21-10-7-6-9-20(21)28-24)32(25)17-19-13-11-18(3)12-14-19/h6-7,9-14H,4-5,8,15-17H2,1-3H3. The van der Waals surface area contributed by atoms with Crippen LogP contribution in [0.2, 0.25) is 0 Å². The molecule has 2 aromatic carbocycles. The molecule has 0 aliphatic rings. The first-order valence-electron chi connectivity index (χ1n) is 11.9. The zero-order valence-corrected chi connectivity index (χ0v) is 19.9. The van der Waals surface area contributed by atoms with E-state index in [0.717, 1.165) is 28.8 Å². The highest BCUT2D eigenvalue weighted by atomic mass is 16.5. The highest BCUT2D eigenvalue weighted by Crippen LogP contribution is 2.26. The molecule has 0 saturated heterocycles. The second kappa shape index (κ2) is 9.35. The van der Waals surface area contributed by atoms with E-state index in [1.54, 1.807) is 4.57 Å². The lowest BCUT2D eigenvalue weighted by Crippen LogP contribution is -2.26. The molecule has 0 fully saturated rings. The van der Waals surface area contributed by atoms with Crippen molar-refractivity contribution < 1.29 is 4.74 Å². The van der Waals surface area contributed by atoms with Gasteiger partial charge >= 0.3 is 0 Å². The van der Waals surface area contributed by atoms with Crippen molar-refractivity contribution in [1.29, 1.82) is 0 Å². The average molecular weight is 456 g/mol. The molecule has 0 spiro atoms. The van der Waals surface area contributed by atoms with Crippen LogP contribution in [0.25, 0.3) is 33.2 Å². The monoisotopic (exact) mass is 455 g/mol. The lowest BCUT2D eigenvalue weighted by Gasteiger charge is -2.12. The molecular weight excluding hydrogens is 426 g/mol. The molecule has 0 aliphatic heterocycles. The summed E-state index contributed by atoms with van der Waals surface area (Å²) in [4.78, 5) is 28.7. The summed E-state index contributed by atoms with van der Waals surface area (Å²) in [7, 11) is 0. The summed E-state index contributed by atoms with van der Waals surface area (Å²) in [6.07, 6.45) is 1.42. The first-order valence-corrected chi connectivity index (χ1v) is 11.9. The number of aromatic nitrogens is 5. The molecule has 0 atom stereocenters. The molecule has 0 aliphatic carbocycles. The number of fused-ring (bicyclic) bond motifs is 4. The average Bonchev–Trinajstić information content (AvgIpc) is 3.15. The summed E-state index contributed by atoms with van der Waals surface area (Å²) in [6, 6.07) is 16.2. The minimum Gasteiger partial charge on any atom is -0.382 e. The second-order valence-corrected chi connectivity index (χ2v) is 8.54. The van der Waals surface area contributed by atoms with Crippen molar-refractivity contribution in [2.45, 2.75) is 46.7 Å². The van der Waals surface area contributed by atoms with Crippen molar-refractivity contribution in [1.82, 2.24) is 24.1 Å². The molecule has 174 valence electrons. The Kier molecular flexibility index (Phi) is 6.11. The summed E-state index contributed by atoms with van der Waals surface area (Å²) in [5.41, 5.74) is 5.79. The van der Waals surface area contributed by atoms with Gasteiger partial charge in [0.05, 0.1) is 17.6 Å². The molecule has 7 nitrogen and oxygen atoms in total. The third kappa shape index (κ3) is 3.96. The van der Waals surface area contributed by atoms with E-state index in [2.05, 4.69) is 31.2 Å². The third-order valence-electron chi connectivity index (χ3n) is 6.18. The molecule has 0 N–H and O–H groups in total. The van der Waals surface area contributed by atoms with Crippen molar-refractivity contribution in [3.63, 3.8) is 0 Å². The maximum Gasteiger partial charge on any atom is 0.265 e. The molecule has 34 heavy (non-hydrogen) atoms. The van der Waals surface area contributed by atoms with Gasteiger partial charge < -0.3 is 9.30 Å². The molecule has 3 aromatic heterocycles. The molecule has 7 heteroatoms. The van der Waals surface area contributed by atoms with Gasteiger partial charge in [-0.2, -0.15) is 0 Å². The van der Waals surface area contributed by atoms with E-state index >= 15 is 0 Å². The van der Waals surface area contributed by atoms with Crippen LogP contribution in [0.1, 0.15) is 37.2 Å². The maximum absolute atomic E-state index is 13.8. The predicted octanol–water partition coefficient (Wildman–Crippen LogP) is 4.64. The van der Waals surface area contributed by atoms with E-state index in [9.17, 15) is 4.79 Å². The van der Waals surface area contributed by atoms with Gasteiger partial charge in [0, 0.05) is 26.2 Å². The largest absolute Gasteiger partial charge is 0.382 e. The van der Waals surface area contributed by atoms with Crippen LogP contribution < -0.4 is 5.56 Å². The minimum atomic E-state index is -0.0596. The summed E-state index contributed by atoms with van der Waals surface area (Å²) in [6.45, 7) is 8.50. The Bertz CT molecular complexity index is 1530. The van der Waals surface area contributed by atoms with Gasteiger partial charge in [-0.1, -0.05) is 48.9 Å². The van der Waals surface area contributed by atoms with Gasteiger partial charge in [-0.05, 0) is 38.0 Å². The molecule has 0 amide bonds. The first-order chi connectivity index (χ1) is 16.6. The van der Waals surface area contributed by atoms with Crippen molar-refractivity contribution in [2.75, 3.05) is 13.2 Å². The highest BCUT2D eigenvalue weighted by Gasteiger charge is 2.22.